The molecule has 2 saturated carbocycles. The van der Waals surface area contributed by atoms with Crippen molar-refractivity contribution in [3.05, 3.63) is 64.8 Å². The van der Waals surface area contributed by atoms with Gasteiger partial charge in [0.1, 0.15) is 0 Å². The van der Waals surface area contributed by atoms with Crippen molar-refractivity contribution in [3.63, 3.8) is 0 Å². The van der Waals surface area contributed by atoms with Crippen molar-refractivity contribution in [1.82, 2.24) is 0 Å². The molecule has 1 aromatic carbocycles. The van der Waals surface area contributed by atoms with Crippen molar-refractivity contribution in [2.75, 3.05) is 0 Å². The monoisotopic (exact) mass is 456 g/mol. The molecule has 1 heteroatoms. The minimum atomic E-state index is 0.734. The van der Waals surface area contributed by atoms with Crippen LogP contribution in [0.1, 0.15) is 95.0 Å². The summed E-state index contributed by atoms with van der Waals surface area (Å²) in [6, 6.07) is 9.48. The molecule has 0 amide bonds. The molecule has 0 aromatic heterocycles. The van der Waals surface area contributed by atoms with Gasteiger partial charge in [-0.15, -0.1) is 11.8 Å². The SMILES string of the molecule is C1=CC2C(=C(C3CCCCC3)C3=CCCCC3C2C2CCCC3Sc4ccccc4C32)CC1. The maximum Gasteiger partial charge on any atom is 0.0166 e. The molecule has 7 rings (SSSR count). The Bertz CT molecular complexity index is 990. The number of hydrogen-bond donors (Lipinski definition) is 0. The van der Waals surface area contributed by atoms with Gasteiger partial charge in [0.25, 0.3) is 0 Å². The molecule has 1 aromatic rings. The van der Waals surface area contributed by atoms with Crippen molar-refractivity contribution in [2.45, 2.75) is 99.5 Å². The average Bonchev–Trinajstić information content (AvgIpc) is 3.27. The summed E-state index contributed by atoms with van der Waals surface area (Å²) >= 11 is 2.23. The van der Waals surface area contributed by atoms with Crippen molar-refractivity contribution in [2.24, 2.45) is 29.6 Å². The first-order valence-corrected chi connectivity index (χ1v) is 15.1. The zero-order valence-electron chi connectivity index (χ0n) is 20.2. The molecule has 1 heterocycles. The summed E-state index contributed by atoms with van der Waals surface area (Å²) in [4.78, 5) is 1.60. The summed E-state index contributed by atoms with van der Waals surface area (Å²) in [6.45, 7) is 0. The highest BCUT2D eigenvalue weighted by Crippen LogP contribution is 2.62. The van der Waals surface area contributed by atoms with E-state index in [1.54, 1.807) is 10.5 Å². The van der Waals surface area contributed by atoms with Crippen LogP contribution in [0, 0.1) is 29.6 Å². The molecule has 6 unspecified atom stereocenters. The van der Waals surface area contributed by atoms with Crippen LogP contribution >= 0.6 is 11.8 Å². The van der Waals surface area contributed by atoms with Gasteiger partial charge in [-0.3, -0.25) is 0 Å². The normalized spacial score (nSPS) is 38.2. The lowest BCUT2D eigenvalue weighted by molar-refractivity contribution is 0.124. The van der Waals surface area contributed by atoms with E-state index in [9.17, 15) is 0 Å². The molecule has 0 radical (unpaired) electrons. The predicted molar refractivity (Wildman–Crippen MR) is 141 cm³/mol. The summed E-state index contributed by atoms with van der Waals surface area (Å²) in [5.74, 6) is 4.93. The molecule has 0 N–H and O–H groups in total. The molecule has 6 atom stereocenters. The van der Waals surface area contributed by atoms with E-state index < -0.39 is 0 Å². The minimum absolute atomic E-state index is 0.734. The van der Waals surface area contributed by atoms with Crippen LogP contribution < -0.4 is 0 Å². The lowest BCUT2D eigenvalue weighted by Gasteiger charge is -2.52. The lowest BCUT2D eigenvalue weighted by atomic mass is 9.52. The number of rotatable bonds is 2. The molecular weight excluding hydrogens is 416 g/mol. The van der Waals surface area contributed by atoms with Gasteiger partial charge in [-0.25, -0.2) is 0 Å². The number of thioether (sulfide) groups is 1. The second-order valence-corrected chi connectivity index (χ2v) is 13.1. The maximum atomic E-state index is 2.75. The first-order valence-electron chi connectivity index (χ1n) is 14.3. The van der Waals surface area contributed by atoms with Crippen LogP contribution in [0.15, 0.2) is 64.1 Å². The average molecular weight is 457 g/mol. The van der Waals surface area contributed by atoms with E-state index in [1.165, 1.54) is 83.5 Å². The van der Waals surface area contributed by atoms with E-state index in [4.69, 9.17) is 0 Å². The second-order valence-electron chi connectivity index (χ2n) is 11.9. The van der Waals surface area contributed by atoms with E-state index in [1.807, 2.05) is 16.7 Å². The first kappa shape index (κ1) is 21.1. The van der Waals surface area contributed by atoms with Crippen molar-refractivity contribution >= 4 is 11.8 Å². The van der Waals surface area contributed by atoms with Crippen LogP contribution in [0.2, 0.25) is 0 Å². The molecule has 6 aliphatic rings. The fraction of sp³-hybridized carbons (Fsp3) is 0.625. The van der Waals surface area contributed by atoms with E-state index >= 15 is 0 Å². The van der Waals surface area contributed by atoms with Gasteiger partial charge < -0.3 is 0 Å². The van der Waals surface area contributed by atoms with Gasteiger partial charge in [-0.1, -0.05) is 67.7 Å². The largest absolute Gasteiger partial charge is 0.122 e. The van der Waals surface area contributed by atoms with E-state index in [2.05, 4.69) is 54.3 Å². The number of allylic oxidation sites excluding steroid dienone is 6. The fourth-order valence-corrected chi connectivity index (χ4v) is 10.8. The lowest BCUT2D eigenvalue weighted by Crippen LogP contribution is -2.43. The standard InChI is InChI=1S/C32H40S/c1-2-11-21(12-3-1)30-22-13-4-6-15-24(22)31(25-16-7-5-14-23(25)30)27-18-10-20-29-32(27)26-17-8-9-19-28(26)33-29/h6,8-9,14-15,17,19,21,24-25,27,29,31-32H,1-5,7,10-13,16,18,20H2. The molecule has 2 fully saturated rings. The van der Waals surface area contributed by atoms with Crippen LogP contribution in [0.4, 0.5) is 0 Å². The Morgan fingerprint density at radius 2 is 1.73 bits per heavy atom. The van der Waals surface area contributed by atoms with Gasteiger partial charge >= 0.3 is 0 Å². The van der Waals surface area contributed by atoms with Crippen molar-refractivity contribution in [1.29, 1.82) is 0 Å². The Morgan fingerprint density at radius 3 is 2.67 bits per heavy atom. The number of benzene rings is 1. The Hall–Kier alpha value is -1.21. The zero-order chi connectivity index (χ0) is 21.8. The number of fused-ring (bicyclic) bond motifs is 5. The first-order chi connectivity index (χ1) is 16.4. The van der Waals surface area contributed by atoms with Crippen LogP contribution in [0.3, 0.4) is 0 Å². The smallest absolute Gasteiger partial charge is 0.0166 e. The van der Waals surface area contributed by atoms with E-state index in [0.717, 1.165) is 40.8 Å². The van der Waals surface area contributed by atoms with Gasteiger partial charge in [-0.05, 0) is 104 Å². The quantitative estimate of drug-likeness (QED) is 0.400. The topological polar surface area (TPSA) is 0 Å². The van der Waals surface area contributed by atoms with E-state index in [0.29, 0.717) is 0 Å². The predicted octanol–water partition coefficient (Wildman–Crippen LogP) is 9.24. The molecular formula is C32H40S. The molecule has 33 heavy (non-hydrogen) atoms. The molecule has 0 spiro atoms. The molecule has 1 aliphatic heterocycles. The Labute approximate surface area is 205 Å². The minimum Gasteiger partial charge on any atom is -0.122 e. The second kappa shape index (κ2) is 8.78. The fourth-order valence-electron chi connectivity index (χ4n) is 9.15. The molecule has 174 valence electrons. The van der Waals surface area contributed by atoms with Gasteiger partial charge in [0.15, 0.2) is 0 Å². The Balaban J connectivity index is 1.34. The summed E-state index contributed by atoms with van der Waals surface area (Å²) < 4.78 is 0. The maximum absolute atomic E-state index is 2.75. The Kier molecular flexibility index (Phi) is 5.61. The van der Waals surface area contributed by atoms with Crippen LogP contribution in [-0.4, -0.2) is 5.25 Å². The summed E-state index contributed by atoms with van der Waals surface area (Å²) in [6.07, 6.45) is 26.5. The molecule has 5 aliphatic carbocycles. The van der Waals surface area contributed by atoms with Gasteiger partial charge in [-0.2, -0.15) is 0 Å². The van der Waals surface area contributed by atoms with Crippen molar-refractivity contribution < 1.29 is 0 Å². The highest BCUT2D eigenvalue weighted by Gasteiger charge is 2.51. The Morgan fingerprint density at radius 1 is 0.818 bits per heavy atom. The van der Waals surface area contributed by atoms with Crippen LogP contribution in [0.5, 0.6) is 0 Å². The highest BCUT2D eigenvalue weighted by atomic mass is 32.2. The summed E-state index contributed by atoms with van der Waals surface area (Å²) in [5.41, 5.74) is 7.42. The molecule has 0 saturated heterocycles. The molecule has 0 bridgehead atoms. The van der Waals surface area contributed by atoms with Crippen molar-refractivity contribution in [3.8, 4) is 0 Å². The summed E-state index contributed by atoms with van der Waals surface area (Å²) in [5, 5.41) is 0.830. The molecule has 0 nitrogen and oxygen atoms in total. The van der Waals surface area contributed by atoms with E-state index in [-0.39, 0.29) is 0 Å². The highest BCUT2D eigenvalue weighted by molar-refractivity contribution is 8.00. The van der Waals surface area contributed by atoms with Gasteiger partial charge in [0, 0.05) is 22.0 Å². The van der Waals surface area contributed by atoms with Gasteiger partial charge in [0.2, 0.25) is 0 Å². The third-order valence-electron chi connectivity index (χ3n) is 10.3. The van der Waals surface area contributed by atoms with Crippen LogP contribution in [0.25, 0.3) is 0 Å². The third-order valence-corrected chi connectivity index (χ3v) is 11.8. The van der Waals surface area contributed by atoms with Gasteiger partial charge in [0.05, 0.1) is 0 Å². The summed E-state index contributed by atoms with van der Waals surface area (Å²) in [7, 11) is 0. The number of hydrogen-bond acceptors (Lipinski definition) is 1. The van der Waals surface area contributed by atoms with Crippen LogP contribution in [-0.2, 0) is 0 Å². The zero-order valence-corrected chi connectivity index (χ0v) is 21.0. The third kappa shape index (κ3) is 3.47.